The summed E-state index contributed by atoms with van der Waals surface area (Å²) >= 11 is 3.18. The van der Waals surface area contributed by atoms with Crippen LogP contribution in [0.2, 0.25) is 0 Å². The van der Waals surface area contributed by atoms with Gasteiger partial charge in [0.1, 0.15) is 4.60 Å². The van der Waals surface area contributed by atoms with Gasteiger partial charge in [-0.1, -0.05) is 6.58 Å². The van der Waals surface area contributed by atoms with Gasteiger partial charge in [0.15, 0.2) is 5.60 Å². The number of amides is 1. The fourth-order valence-electron chi connectivity index (χ4n) is 2.10. The van der Waals surface area contributed by atoms with Gasteiger partial charge in [-0.25, -0.2) is 4.98 Å². The van der Waals surface area contributed by atoms with Crippen LogP contribution in [0.15, 0.2) is 48.0 Å². The molecule has 0 aliphatic heterocycles. The first-order valence-corrected chi connectivity index (χ1v) is 7.84. The summed E-state index contributed by atoms with van der Waals surface area (Å²) in [6.45, 7) is 3.15. The Bertz CT molecular complexity index is 888. The smallest absolute Gasteiger partial charge is 0.374 e. The number of nitrogens with zero attached hydrogens (tertiary/aromatic N) is 3. The van der Waals surface area contributed by atoms with Gasteiger partial charge in [-0.05, 0) is 40.2 Å². The molecule has 0 spiro atoms. The highest BCUT2D eigenvalue weighted by Gasteiger charge is 2.36. The summed E-state index contributed by atoms with van der Waals surface area (Å²) < 4.78 is 40.9. The Labute approximate surface area is 154 Å². The van der Waals surface area contributed by atoms with Crippen molar-refractivity contribution >= 4 is 27.5 Å². The number of carbonyl (C=O) groups is 1. The molecule has 1 unspecified atom stereocenters. The Morgan fingerprint density at radius 1 is 1.50 bits per heavy atom. The summed E-state index contributed by atoms with van der Waals surface area (Å²) in [5, 5.41) is 21.5. The number of anilines is 1. The number of rotatable bonds is 5. The van der Waals surface area contributed by atoms with E-state index in [1.807, 2.05) is 0 Å². The molecule has 2 rings (SSSR count). The molecular weight excluding hydrogens is 417 g/mol. The Morgan fingerprint density at radius 2 is 2.19 bits per heavy atom. The number of halogens is 4. The summed E-state index contributed by atoms with van der Waals surface area (Å²) in [5.41, 5.74) is -4.07. The molecule has 1 amide bonds. The van der Waals surface area contributed by atoms with Crippen molar-refractivity contribution in [1.29, 1.82) is 5.26 Å². The largest absolute Gasteiger partial charge is 0.417 e. The molecule has 26 heavy (non-hydrogen) atoms. The number of aromatic nitrogens is 2. The molecule has 2 aromatic rings. The Balaban J connectivity index is 2.29. The number of imidazole rings is 1. The molecule has 136 valence electrons. The molecule has 1 atom stereocenters. The Morgan fingerprint density at radius 3 is 2.69 bits per heavy atom. The third kappa shape index (κ3) is 4.12. The molecule has 0 aliphatic carbocycles. The van der Waals surface area contributed by atoms with Crippen LogP contribution in [-0.4, -0.2) is 26.2 Å². The highest BCUT2D eigenvalue weighted by Crippen LogP contribution is 2.33. The van der Waals surface area contributed by atoms with E-state index in [9.17, 15) is 23.1 Å². The molecule has 10 heteroatoms. The second kappa shape index (κ2) is 7.31. The molecule has 0 saturated carbocycles. The van der Waals surface area contributed by atoms with Gasteiger partial charge in [0.05, 0.1) is 36.3 Å². The van der Waals surface area contributed by atoms with Crippen molar-refractivity contribution in [3.8, 4) is 6.07 Å². The average molecular weight is 429 g/mol. The van der Waals surface area contributed by atoms with Crippen molar-refractivity contribution in [3.63, 3.8) is 0 Å². The van der Waals surface area contributed by atoms with Gasteiger partial charge in [-0.3, -0.25) is 4.79 Å². The molecule has 0 radical (unpaired) electrons. The summed E-state index contributed by atoms with van der Waals surface area (Å²) in [7, 11) is 0. The molecule has 0 bridgehead atoms. The van der Waals surface area contributed by atoms with E-state index in [0.29, 0.717) is 10.7 Å². The van der Waals surface area contributed by atoms with Crippen LogP contribution in [0.1, 0.15) is 11.1 Å². The van der Waals surface area contributed by atoms with E-state index in [1.54, 1.807) is 0 Å². The van der Waals surface area contributed by atoms with Crippen LogP contribution in [0.5, 0.6) is 0 Å². The van der Waals surface area contributed by atoms with Gasteiger partial charge in [0.25, 0.3) is 5.91 Å². The van der Waals surface area contributed by atoms with Gasteiger partial charge >= 0.3 is 6.18 Å². The summed E-state index contributed by atoms with van der Waals surface area (Å²) in [6.07, 6.45) is -0.988. The van der Waals surface area contributed by atoms with Gasteiger partial charge in [0, 0.05) is 5.69 Å². The zero-order valence-corrected chi connectivity index (χ0v) is 14.7. The zero-order valence-electron chi connectivity index (χ0n) is 13.1. The standard InChI is InChI=1S/C16H12BrF3N4O2/c1-2-15(26,8-24-9-22-7-13(24)17)14(25)23-11-4-3-10(6-21)12(5-11)16(18,19)20/h2-5,7,9,26H,1,8H2,(H,23,25). The molecule has 2 N–H and O–H groups in total. The van der Waals surface area contributed by atoms with Crippen molar-refractivity contribution in [2.75, 3.05) is 5.32 Å². The zero-order chi connectivity index (χ0) is 19.5. The van der Waals surface area contributed by atoms with Gasteiger partial charge in [-0.2, -0.15) is 18.4 Å². The highest BCUT2D eigenvalue weighted by molar-refractivity contribution is 9.10. The third-order valence-electron chi connectivity index (χ3n) is 3.51. The minimum atomic E-state index is -4.76. The quantitative estimate of drug-likeness (QED) is 0.715. The van der Waals surface area contributed by atoms with Crippen LogP contribution in [0.4, 0.5) is 18.9 Å². The molecule has 6 nitrogen and oxygen atoms in total. The first-order chi connectivity index (χ1) is 12.1. The number of hydrogen-bond acceptors (Lipinski definition) is 4. The third-order valence-corrected chi connectivity index (χ3v) is 4.17. The molecular formula is C16H12BrF3N4O2. The van der Waals surface area contributed by atoms with Gasteiger partial charge in [-0.15, -0.1) is 0 Å². The van der Waals surface area contributed by atoms with E-state index >= 15 is 0 Å². The van der Waals surface area contributed by atoms with Crippen molar-refractivity contribution in [3.05, 3.63) is 59.1 Å². The summed E-state index contributed by atoms with van der Waals surface area (Å²) in [4.78, 5) is 16.2. The lowest BCUT2D eigenvalue weighted by molar-refractivity contribution is -0.137. The van der Waals surface area contributed by atoms with E-state index in [-0.39, 0.29) is 12.2 Å². The number of hydrogen-bond donors (Lipinski definition) is 2. The molecule has 0 aliphatic rings. The molecule has 1 aromatic carbocycles. The van der Waals surface area contributed by atoms with E-state index in [4.69, 9.17) is 5.26 Å². The topological polar surface area (TPSA) is 90.9 Å². The van der Waals surface area contributed by atoms with Gasteiger partial charge in [0.2, 0.25) is 0 Å². The fourth-order valence-corrected chi connectivity index (χ4v) is 2.44. The predicted octanol–water partition coefficient (Wildman–Crippen LogP) is 3.09. The lowest BCUT2D eigenvalue weighted by Crippen LogP contribution is -2.44. The predicted molar refractivity (Wildman–Crippen MR) is 89.9 cm³/mol. The van der Waals surface area contributed by atoms with Gasteiger partial charge < -0.3 is 15.0 Å². The number of nitrogens with one attached hydrogen (secondary N) is 1. The summed E-state index contributed by atoms with van der Waals surface area (Å²) in [5.74, 6) is -0.981. The number of carbonyl (C=O) groups excluding carboxylic acids is 1. The second-order valence-electron chi connectivity index (χ2n) is 5.30. The van der Waals surface area contributed by atoms with Crippen LogP contribution in [0.25, 0.3) is 0 Å². The van der Waals surface area contributed by atoms with Crippen molar-refractivity contribution in [2.24, 2.45) is 0 Å². The number of nitriles is 1. The van der Waals surface area contributed by atoms with Crippen molar-refractivity contribution < 1.29 is 23.1 Å². The normalized spacial score (nSPS) is 13.5. The van der Waals surface area contributed by atoms with Crippen LogP contribution < -0.4 is 5.32 Å². The molecule has 1 aromatic heterocycles. The van der Waals surface area contributed by atoms with Crippen LogP contribution in [0.3, 0.4) is 0 Å². The first-order valence-electron chi connectivity index (χ1n) is 7.05. The van der Waals surface area contributed by atoms with Crippen molar-refractivity contribution in [2.45, 2.75) is 18.3 Å². The SMILES string of the molecule is C=CC(O)(Cn1cncc1Br)C(=O)Nc1ccc(C#N)c(C(F)(F)F)c1. The van der Waals surface area contributed by atoms with Crippen LogP contribution in [0, 0.1) is 11.3 Å². The lowest BCUT2D eigenvalue weighted by Gasteiger charge is -2.24. The van der Waals surface area contributed by atoms with E-state index in [0.717, 1.165) is 18.2 Å². The molecule has 0 fully saturated rings. The first kappa shape index (κ1) is 19.7. The van der Waals surface area contributed by atoms with Crippen LogP contribution in [-0.2, 0) is 17.5 Å². The van der Waals surface area contributed by atoms with Crippen LogP contribution >= 0.6 is 15.9 Å². The van der Waals surface area contributed by atoms with E-state index in [2.05, 4.69) is 32.8 Å². The molecule has 0 saturated heterocycles. The minimum absolute atomic E-state index is 0.216. The number of alkyl halides is 3. The highest BCUT2D eigenvalue weighted by atomic mass is 79.9. The number of aliphatic hydroxyl groups is 1. The Kier molecular flexibility index (Phi) is 5.53. The maximum absolute atomic E-state index is 13.0. The second-order valence-corrected chi connectivity index (χ2v) is 6.11. The lowest BCUT2D eigenvalue weighted by atomic mass is 10.0. The maximum Gasteiger partial charge on any atom is 0.417 e. The molecule has 1 heterocycles. The summed E-state index contributed by atoms with van der Waals surface area (Å²) in [6, 6.07) is 4.16. The van der Waals surface area contributed by atoms with E-state index in [1.165, 1.54) is 23.2 Å². The number of benzene rings is 1. The monoisotopic (exact) mass is 428 g/mol. The van der Waals surface area contributed by atoms with E-state index < -0.39 is 28.8 Å². The minimum Gasteiger partial charge on any atom is -0.374 e. The van der Waals surface area contributed by atoms with Crippen molar-refractivity contribution in [1.82, 2.24) is 9.55 Å². The Hall–Kier alpha value is -2.64. The maximum atomic E-state index is 13.0. The fraction of sp³-hybridized carbons (Fsp3) is 0.188. The average Bonchev–Trinajstić information content (AvgIpc) is 2.98.